The number of amides is 1. The van der Waals surface area contributed by atoms with Crippen LogP contribution in [0.2, 0.25) is 0 Å². The molecular formula is C15H15N3O3. The summed E-state index contributed by atoms with van der Waals surface area (Å²) in [5.41, 5.74) is 3.04. The Morgan fingerprint density at radius 1 is 1.24 bits per heavy atom. The summed E-state index contributed by atoms with van der Waals surface area (Å²) < 4.78 is 5.12. The van der Waals surface area contributed by atoms with Crippen molar-refractivity contribution in [1.29, 1.82) is 0 Å². The van der Waals surface area contributed by atoms with Gasteiger partial charge in [0.1, 0.15) is 6.54 Å². The van der Waals surface area contributed by atoms with Crippen LogP contribution in [0.5, 0.6) is 0 Å². The number of aryl methyl sites for hydroxylation is 2. The highest BCUT2D eigenvalue weighted by Gasteiger charge is 2.38. The highest BCUT2D eigenvalue weighted by atomic mass is 16.5. The standard InChI is InChI=1S/C15H15N3O3/c1-4-11-16-12(21-17-11)7-18-13-9(3)8(2)5-6-10(13)14(19)15(18)20/h5-6H,4,7H2,1-3H3. The molecule has 3 rings (SSSR count). The van der Waals surface area contributed by atoms with Crippen molar-refractivity contribution in [2.75, 3.05) is 4.90 Å². The van der Waals surface area contributed by atoms with Gasteiger partial charge < -0.3 is 4.52 Å². The number of aromatic nitrogens is 2. The number of nitrogens with zero attached hydrogens (tertiary/aromatic N) is 3. The van der Waals surface area contributed by atoms with E-state index in [9.17, 15) is 9.59 Å². The van der Waals surface area contributed by atoms with Crippen LogP contribution in [0.15, 0.2) is 16.7 Å². The molecule has 0 atom stereocenters. The molecule has 2 aromatic rings. The van der Waals surface area contributed by atoms with Gasteiger partial charge in [-0.15, -0.1) is 0 Å². The third-order valence-electron chi connectivity index (χ3n) is 3.78. The number of fused-ring (bicyclic) bond motifs is 1. The van der Waals surface area contributed by atoms with Gasteiger partial charge in [-0.25, -0.2) is 0 Å². The minimum absolute atomic E-state index is 0.120. The van der Waals surface area contributed by atoms with Gasteiger partial charge in [0, 0.05) is 6.42 Å². The maximum atomic E-state index is 12.2. The molecule has 0 N–H and O–H groups in total. The summed E-state index contributed by atoms with van der Waals surface area (Å²) in [6.45, 7) is 5.89. The molecule has 0 unspecified atom stereocenters. The number of hydrogen-bond acceptors (Lipinski definition) is 5. The molecule has 6 nitrogen and oxygen atoms in total. The topological polar surface area (TPSA) is 76.3 Å². The van der Waals surface area contributed by atoms with Gasteiger partial charge in [0.15, 0.2) is 5.82 Å². The first-order valence-corrected chi connectivity index (χ1v) is 6.80. The largest absolute Gasteiger partial charge is 0.337 e. The Morgan fingerprint density at radius 2 is 2.00 bits per heavy atom. The van der Waals surface area contributed by atoms with Crippen LogP contribution < -0.4 is 4.90 Å². The fourth-order valence-corrected chi connectivity index (χ4v) is 2.46. The summed E-state index contributed by atoms with van der Waals surface area (Å²) in [5, 5.41) is 3.81. The monoisotopic (exact) mass is 285 g/mol. The van der Waals surface area contributed by atoms with Crippen LogP contribution >= 0.6 is 0 Å². The Balaban J connectivity index is 2.02. The van der Waals surface area contributed by atoms with Crippen molar-refractivity contribution in [3.05, 3.63) is 40.5 Å². The third kappa shape index (κ3) is 2.03. The van der Waals surface area contributed by atoms with Gasteiger partial charge in [0.25, 0.3) is 11.7 Å². The average molecular weight is 285 g/mol. The smallest absolute Gasteiger partial charge is 0.299 e. The van der Waals surface area contributed by atoms with E-state index in [2.05, 4.69) is 10.1 Å². The predicted octanol–water partition coefficient (Wildman–Crippen LogP) is 1.98. The molecule has 0 spiro atoms. The van der Waals surface area contributed by atoms with Crippen molar-refractivity contribution < 1.29 is 14.1 Å². The minimum atomic E-state index is -0.546. The van der Waals surface area contributed by atoms with Crippen LogP contribution in [0.3, 0.4) is 0 Å². The van der Waals surface area contributed by atoms with Crippen LogP contribution in [-0.2, 0) is 17.8 Å². The molecule has 1 aromatic heterocycles. The summed E-state index contributed by atoms with van der Waals surface area (Å²) in [4.78, 5) is 29.9. The summed E-state index contributed by atoms with van der Waals surface area (Å²) in [5.74, 6) is -0.107. The van der Waals surface area contributed by atoms with Crippen molar-refractivity contribution in [2.45, 2.75) is 33.7 Å². The zero-order valence-electron chi connectivity index (χ0n) is 12.1. The van der Waals surface area contributed by atoms with Gasteiger partial charge in [-0.2, -0.15) is 4.98 Å². The van der Waals surface area contributed by atoms with E-state index in [0.717, 1.165) is 11.1 Å². The number of carbonyl (C=O) groups is 2. The van der Waals surface area contributed by atoms with Crippen molar-refractivity contribution in [3.8, 4) is 0 Å². The van der Waals surface area contributed by atoms with Crippen molar-refractivity contribution in [2.24, 2.45) is 0 Å². The molecule has 0 saturated heterocycles. The number of carbonyl (C=O) groups excluding carboxylic acids is 2. The van der Waals surface area contributed by atoms with E-state index in [4.69, 9.17) is 4.52 Å². The normalized spacial score (nSPS) is 14.0. The number of anilines is 1. The van der Waals surface area contributed by atoms with Gasteiger partial charge in [-0.05, 0) is 31.0 Å². The lowest BCUT2D eigenvalue weighted by Crippen LogP contribution is -2.29. The van der Waals surface area contributed by atoms with Crippen LogP contribution in [0.25, 0.3) is 0 Å². The summed E-state index contributed by atoms with van der Waals surface area (Å²) in [6, 6.07) is 3.55. The van der Waals surface area contributed by atoms with E-state index in [1.54, 1.807) is 6.07 Å². The van der Waals surface area contributed by atoms with E-state index < -0.39 is 11.7 Å². The summed E-state index contributed by atoms with van der Waals surface area (Å²) >= 11 is 0. The second kappa shape index (κ2) is 4.80. The molecule has 2 heterocycles. The first kappa shape index (κ1) is 13.5. The first-order chi connectivity index (χ1) is 10.0. The Bertz CT molecular complexity index is 749. The zero-order chi connectivity index (χ0) is 15.1. The Morgan fingerprint density at radius 3 is 2.67 bits per heavy atom. The number of ketones is 1. The maximum Gasteiger partial charge on any atom is 0.299 e. The van der Waals surface area contributed by atoms with Crippen LogP contribution in [0.4, 0.5) is 5.69 Å². The van der Waals surface area contributed by atoms with Crippen LogP contribution in [0, 0.1) is 13.8 Å². The van der Waals surface area contributed by atoms with Gasteiger partial charge >= 0.3 is 0 Å². The lowest BCUT2D eigenvalue weighted by molar-refractivity contribution is -0.114. The fourth-order valence-electron chi connectivity index (χ4n) is 2.46. The molecule has 1 aliphatic heterocycles. The van der Waals surface area contributed by atoms with Crippen molar-refractivity contribution >= 4 is 17.4 Å². The Hall–Kier alpha value is -2.50. The molecule has 0 fully saturated rings. The summed E-state index contributed by atoms with van der Waals surface area (Å²) in [7, 11) is 0. The zero-order valence-corrected chi connectivity index (χ0v) is 12.1. The number of benzene rings is 1. The fraction of sp³-hybridized carbons (Fsp3) is 0.333. The molecule has 1 amide bonds. The van der Waals surface area contributed by atoms with E-state index in [1.165, 1.54) is 4.90 Å². The van der Waals surface area contributed by atoms with E-state index in [-0.39, 0.29) is 6.54 Å². The second-order valence-electron chi connectivity index (χ2n) is 5.08. The molecule has 0 aliphatic carbocycles. The van der Waals surface area contributed by atoms with E-state index >= 15 is 0 Å². The van der Waals surface area contributed by atoms with Crippen molar-refractivity contribution in [3.63, 3.8) is 0 Å². The maximum absolute atomic E-state index is 12.2. The number of Topliss-reactive ketones (excluding diaryl/α,β-unsaturated/α-hetero) is 1. The molecule has 0 radical (unpaired) electrons. The first-order valence-electron chi connectivity index (χ1n) is 6.80. The number of rotatable bonds is 3. The van der Waals surface area contributed by atoms with Crippen LogP contribution in [-0.4, -0.2) is 21.8 Å². The molecule has 21 heavy (non-hydrogen) atoms. The quantitative estimate of drug-likeness (QED) is 0.806. The molecule has 1 aliphatic rings. The molecular weight excluding hydrogens is 270 g/mol. The van der Waals surface area contributed by atoms with Gasteiger partial charge in [-0.1, -0.05) is 18.1 Å². The van der Waals surface area contributed by atoms with Crippen LogP contribution in [0.1, 0.15) is 40.1 Å². The summed E-state index contributed by atoms with van der Waals surface area (Å²) in [6.07, 6.45) is 0.658. The number of hydrogen-bond donors (Lipinski definition) is 0. The lowest BCUT2D eigenvalue weighted by Gasteiger charge is -2.17. The molecule has 6 heteroatoms. The molecule has 1 aromatic carbocycles. The minimum Gasteiger partial charge on any atom is -0.337 e. The molecule has 108 valence electrons. The molecule has 0 saturated carbocycles. The Kier molecular flexibility index (Phi) is 3.08. The second-order valence-corrected chi connectivity index (χ2v) is 5.08. The highest BCUT2D eigenvalue weighted by Crippen LogP contribution is 2.34. The van der Waals surface area contributed by atoms with Gasteiger partial charge in [0.2, 0.25) is 5.89 Å². The van der Waals surface area contributed by atoms with E-state index in [1.807, 2.05) is 26.8 Å². The lowest BCUT2D eigenvalue weighted by atomic mass is 10.0. The van der Waals surface area contributed by atoms with Gasteiger partial charge in [0.05, 0.1) is 11.3 Å². The van der Waals surface area contributed by atoms with E-state index in [0.29, 0.717) is 29.4 Å². The van der Waals surface area contributed by atoms with Gasteiger partial charge in [-0.3, -0.25) is 14.5 Å². The average Bonchev–Trinajstić information content (AvgIpc) is 3.02. The third-order valence-corrected chi connectivity index (χ3v) is 3.78. The highest BCUT2D eigenvalue weighted by molar-refractivity contribution is 6.52. The Labute approximate surface area is 121 Å². The van der Waals surface area contributed by atoms with Crippen molar-refractivity contribution in [1.82, 2.24) is 10.1 Å². The predicted molar refractivity (Wildman–Crippen MR) is 75.1 cm³/mol. The SMILES string of the molecule is CCc1noc(CN2C(=O)C(=O)c3ccc(C)c(C)c32)n1. The molecule has 0 bridgehead atoms.